The van der Waals surface area contributed by atoms with Gasteiger partial charge in [0, 0.05) is 32.0 Å². The summed E-state index contributed by atoms with van der Waals surface area (Å²) in [5.74, 6) is -0.338. The lowest BCUT2D eigenvalue weighted by atomic mass is 9.99. The van der Waals surface area contributed by atoms with Crippen LogP contribution in [0.5, 0.6) is 0 Å². The van der Waals surface area contributed by atoms with E-state index in [9.17, 15) is 9.59 Å². The molecular weight excluding hydrogens is 350 g/mol. The standard InChI is InChI=1S/C23H21N3O2/c27-22(25-13-17-6-2-1-3-7-17)20-12-21(15-24-14-20)23(28)26-11-10-18-8-4-5-9-19(18)16-26/h1-9,12,14-15H,10-11,13,16H2,(H,25,27). The fourth-order valence-electron chi connectivity index (χ4n) is 3.41. The van der Waals surface area contributed by atoms with Crippen LogP contribution in [-0.4, -0.2) is 28.2 Å². The Morgan fingerprint density at radius 3 is 2.46 bits per heavy atom. The summed E-state index contributed by atoms with van der Waals surface area (Å²) in [5, 5.41) is 2.87. The monoisotopic (exact) mass is 371 g/mol. The summed E-state index contributed by atoms with van der Waals surface area (Å²) in [5.41, 5.74) is 4.31. The molecule has 5 nitrogen and oxygen atoms in total. The predicted molar refractivity (Wildman–Crippen MR) is 107 cm³/mol. The van der Waals surface area contributed by atoms with Gasteiger partial charge in [-0.25, -0.2) is 0 Å². The van der Waals surface area contributed by atoms with Crippen LogP contribution < -0.4 is 5.32 Å². The van der Waals surface area contributed by atoms with E-state index in [0.717, 1.165) is 12.0 Å². The van der Waals surface area contributed by atoms with E-state index in [-0.39, 0.29) is 11.8 Å². The van der Waals surface area contributed by atoms with Crippen molar-refractivity contribution in [2.45, 2.75) is 19.5 Å². The highest BCUT2D eigenvalue weighted by Gasteiger charge is 2.22. The molecule has 0 aliphatic carbocycles. The number of amides is 2. The molecule has 2 aromatic carbocycles. The minimum atomic E-state index is -0.241. The second-order valence-electron chi connectivity index (χ2n) is 6.88. The van der Waals surface area contributed by atoms with Gasteiger partial charge < -0.3 is 10.2 Å². The first kappa shape index (κ1) is 17.9. The van der Waals surface area contributed by atoms with Crippen LogP contribution in [-0.2, 0) is 19.5 Å². The van der Waals surface area contributed by atoms with E-state index in [2.05, 4.69) is 22.4 Å². The van der Waals surface area contributed by atoms with Crippen molar-refractivity contribution in [2.75, 3.05) is 6.54 Å². The molecule has 140 valence electrons. The van der Waals surface area contributed by atoms with Crippen molar-refractivity contribution >= 4 is 11.8 Å². The molecule has 1 aliphatic heterocycles. The third-order valence-electron chi connectivity index (χ3n) is 4.96. The molecule has 0 saturated heterocycles. The Kier molecular flexibility index (Phi) is 5.15. The summed E-state index contributed by atoms with van der Waals surface area (Å²) in [6.07, 6.45) is 3.85. The summed E-state index contributed by atoms with van der Waals surface area (Å²) in [6, 6.07) is 19.5. The molecule has 0 bridgehead atoms. The van der Waals surface area contributed by atoms with Gasteiger partial charge in [-0.1, -0.05) is 54.6 Å². The number of pyridine rings is 1. The molecule has 1 N–H and O–H groups in total. The number of rotatable bonds is 4. The molecule has 3 aromatic rings. The molecule has 0 spiro atoms. The first-order valence-corrected chi connectivity index (χ1v) is 9.34. The molecule has 5 heteroatoms. The van der Waals surface area contributed by atoms with E-state index in [1.807, 2.05) is 47.4 Å². The summed E-state index contributed by atoms with van der Waals surface area (Å²) >= 11 is 0. The molecule has 28 heavy (non-hydrogen) atoms. The van der Waals surface area contributed by atoms with Crippen molar-refractivity contribution in [1.29, 1.82) is 0 Å². The normalized spacial score (nSPS) is 12.9. The average molecular weight is 371 g/mol. The highest BCUT2D eigenvalue weighted by molar-refractivity contribution is 5.99. The zero-order valence-electron chi connectivity index (χ0n) is 15.5. The molecule has 1 aliphatic rings. The van der Waals surface area contributed by atoms with E-state index in [1.165, 1.54) is 23.5 Å². The highest BCUT2D eigenvalue weighted by atomic mass is 16.2. The van der Waals surface area contributed by atoms with Gasteiger partial charge in [0.15, 0.2) is 0 Å². The Morgan fingerprint density at radius 1 is 0.929 bits per heavy atom. The smallest absolute Gasteiger partial charge is 0.255 e. The lowest BCUT2D eigenvalue weighted by molar-refractivity contribution is 0.0734. The third kappa shape index (κ3) is 3.93. The Hall–Kier alpha value is -3.47. The fraction of sp³-hybridized carbons (Fsp3) is 0.174. The van der Waals surface area contributed by atoms with Crippen LogP contribution in [0.15, 0.2) is 73.1 Å². The third-order valence-corrected chi connectivity index (χ3v) is 4.96. The van der Waals surface area contributed by atoms with Gasteiger partial charge in [-0.3, -0.25) is 14.6 Å². The molecule has 2 heterocycles. The van der Waals surface area contributed by atoms with Crippen LogP contribution in [0.3, 0.4) is 0 Å². The van der Waals surface area contributed by atoms with Gasteiger partial charge in [-0.15, -0.1) is 0 Å². The van der Waals surface area contributed by atoms with Gasteiger partial charge in [-0.05, 0) is 29.2 Å². The van der Waals surface area contributed by atoms with Crippen molar-refractivity contribution in [3.63, 3.8) is 0 Å². The van der Waals surface area contributed by atoms with Crippen LogP contribution in [0.1, 0.15) is 37.4 Å². The van der Waals surface area contributed by atoms with E-state index in [0.29, 0.717) is 30.8 Å². The predicted octanol–water partition coefficient (Wildman–Crippen LogP) is 3.21. The van der Waals surface area contributed by atoms with Crippen molar-refractivity contribution in [3.05, 3.63) is 101 Å². The molecule has 1 aromatic heterocycles. The Balaban J connectivity index is 1.44. The van der Waals surface area contributed by atoms with Gasteiger partial charge in [-0.2, -0.15) is 0 Å². The maximum absolute atomic E-state index is 12.9. The fourth-order valence-corrected chi connectivity index (χ4v) is 3.41. The van der Waals surface area contributed by atoms with Crippen molar-refractivity contribution in [2.24, 2.45) is 0 Å². The van der Waals surface area contributed by atoms with E-state index in [1.54, 1.807) is 6.07 Å². The Bertz CT molecular complexity index is 1000. The van der Waals surface area contributed by atoms with Crippen LogP contribution in [0, 0.1) is 0 Å². The topological polar surface area (TPSA) is 62.3 Å². The van der Waals surface area contributed by atoms with Gasteiger partial charge in [0.05, 0.1) is 11.1 Å². The summed E-state index contributed by atoms with van der Waals surface area (Å²) in [6.45, 7) is 1.68. The quantitative estimate of drug-likeness (QED) is 0.766. The second kappa shape index (κ2) is 8.05. The van der Waals surface area contributed by atoms with Gasteiger partial charge in [0.1, 0.15) is 0 Å². The molecule has 4 rings (SSSR count). The van der Waals surface area contributed by atoms with Crippen LogP contribution in [0.25, 0.3) is 0 Å². The van der Waals surface area contributed by atoms with Crippen LogP contribution in [0.4, 0.5) is 0 Å². The second-order valence-corrected chi connectivity index (χ2v) is 6.88. The van der Waals surface area contributed by atoms with E-state index < -0.39 is 0 Å². The summed E-state index contributed by atoms with van der Waals surface area (Å²) < 4.78 is 0. The number of hydrogen-bond donors (Lipinski definition) is 1. The summed E-state index contributed by atoms with van der Waals surface area (Å²) in [4.78, 5) is 31.3. The average Bonchev–Trinajstić information content (AvgIpc) is 2.77. The number of nitrogens with zero attached hydrogens (tertiary/aromatic N) is 2. The molecule has 0 saturated carbocycles. The first-order valence-electron chi connectivity index (χ1n) is 9.34. The number of fused-ring (bicyclic) bond motifs is 1. The van der Waals surface area contributed by atoms with Gasteiger partial charge in [0.2, 0.25) is 0 Å². The SMILES string of the molecule is O=C(NCc1ccccc1)c1cncc(C(=O)N2CCc3ccccc3C2)c1. The lowest BCUT2D eigenvalue weighted by Crippen LogP contribution is -2.36. The molecule has 0 radical (unpaired) electrons. The largest absolute Gasteiger partial charge is 0.348 e. The molecule has 2 amide bonds. The van der Waals surface area contributed by atoms with Crippen molar-refractivity contribution < 1.29 is 9.59 Å². The van der Waals surface area contributed by atoms with Crippen molar-refractivity contribution in [3.8, 4) is 0 Å². The van der Waals surface area contributed by atoms with Gasteiger partial charge >= 0.3 is 0 Å². The number of hydrogen-bond acceptors (Lipinski definition) is 3. The van der Waals surface area contributed by atoms with Crippen molar-refractivity contribution in [1.82, 2.24) is 15.2 Å². The number of carbonyl (C=O) groups excluding carboxylic acids is 2. The minimum Gasteiger partial charge on any atom is -0.348 e. The zero-order valence-corrected chi connectivity index (χ0v) is 15.5. The number of benzene rings is 2. The maximum atomic E-state index is 12.9. The first-order chi connectivity index (χ1) is 13.7. The zero-order chi connectivity index (χ0) is 19.3. The highest BCUT2D eigenvalue weighted by Crippen LogP contribution is 2.20. The molecule has 0 unspecified atom stereocenters. The number of nitrogens with one attached hydrogen (secondary N) is 1. The number of carbonyl (C=O) groups is 2. The Labute approximate surface area is 164 Å². The minimum absolute atomic E-state index is 0.0975. The van der Waals surface area contributed by atoms with Gasteiger partial charge in [0.25, 0.3) is 11.8 Å². The Morgan fingerprint density at radius 2 is 1.64 bits per heavy atom. The number of aromatic nitrogens is 1. The van der Waals surface area contributed by atoms with E-state index in [4.69, 9.17) is 0 Å². The van der Waals surface area contributed by atoms with E-state index >= 15 is 0 Å². The lowest BCUT2D eigenvalue weighted by Gasteiger charge is -2.28. The summed E-state index contributed by atoms with van der Waals surface area (Å²) in [7, 11) is 0. The molecule has 0 fully saturated rings. The van der Waals surface area contributed by atoms with Crippen LogP contribution in [0.2, 0.25) is 0 Å². The molecular formula is C23H21N3O2. The maximum Gasteiger partial charge on any atom is 0.255 e. The van der Waals surface area contributed by atoms with Crippen LogP contribution >= 0.6 is 0 Å². The molecule has 0 atom stereocenters.